The summed E-state index contributed by atoms with van der Waals surface area (Å²) < 4.78 is 0. The topological polar surface area (TPSA) is 61.4 Å². The Hall–Kier alpha value is -1.59. The number of benzene rings is 1. The van der Waals surface area contributed by atoms with Crippen molar-refractivity contribution in [3.05, 3.63) is 24.3 Å². The minimum atomic E-state index is -0.101. The quantitative estimate of drug-likeness (QED) is 0.897. The predicted octanol–water partition coefficient (Wildman–Crippen LogP) is 2.32. The predicted molar refractivity (Wildman–Crippen MR) is 89.5 cm³/mol. The third kappa shape index (κ3) is 3.78. The van der Waals surface area contributed by atoms with Gasteiger partial charge in [0.2, 0.25) is 11.8 Å². The average molecular weight is 324 g/mol. The number of anilines is 2. The molecule has 1 unspecified atom stereocenters. The van der Waals surface area contributed by atoms with Gasteiger partial charge in [-0.1, -0.05) is 12.5 Å². The van der Waals surface area contributed by atoms with E-state index in [-0.39, 0.29) is 30.3 Å². The van der Waals surface area contributed by atoms with Crippen LogP contribution in [0.15, 0.2) is 24.3 Å². The average Bonchev–Trinajstić information content (AvgIpc) is 2.94. The van der Waals surface area contributed by atoms with Crippen LogP contribution in [0.4, 0.5) is 11.4 Å². The summed E-state index contributed by atoms with van der Waals surface area (Å²) in [6.45, 7) is 1.67. The lowest BCUT2D eigenvalue weighted by molar-refractivity contribution is -0.118. The molecule has 2 aliphatic heterocycles. The Morgan fingerprint density at radius 3 is 2.82 bits per heavy atom. The lowest BCUT2D eigenvalue weighted by Crippen LogP contribution is -2.43. The number of amides is 2. The number of nitrogens with zero attached hydrogens (tertiary/aromatic N) is 1. The number of halogens is 1. The number of hydrogen-bond donors (Lipinski definition) is 2. The van der Waals surface area contributed by atoms with Crippen molar-refractivity contribution in [3.8, 4) is 0 Å². The molecule has 1 aromatic carbocycles. The van der Waals surface area contributed by atoms with Crippen LogP contribution in [0.2, 0.25) is 0 Å². The molecule has 0 aromatic heterocycles. The number of carbonyl (C=O) groups excluding carboxylic acids is 2. The van der Waals surface area contributed by atoms with Gasteiger partial charge in [0.25, 0.3) is 0 Å². The Labute approximate surface area is 136 Å². The highest BCUT2D eigenvalue weighted by atomic mass is 35.5. The molecule has 2 heterocycles. The van der Waals surface area contributed by atoms with Crippen molar-refractivity contribution in [2.24, 2.45) is 0 Å². The first kappa shape index (κ1) is 16.8. The molecule has 0 radical (unpaired) electrons. The molecule has 0 saturated carbocycles. The maximum absolute atomic E-state index is 12.2. The molecule has 2 fully saturated rings. The smallest absolute Gasteiger partial charge is 0.241 e. The fourth-order valence-electron chi connectivity index (χ4n) is 2.98. The number of carbonyl (C=O) groups is 2. The summed E-state index contributed by atoms with van der Waals surface area (Å²) in [5.74, 6) is 0.173. The van der Waals surface area contributed by atoms with Gasteiger partial charge in [0.1, 0.15) is 0 Å². The Kier molecular flexibility index (Phi) is 5.80. The van der Waals surface area contributed by atoms with Gasteiger partial charge in [0, 0.05) is 24.3 Å². The highest BCUT2D eigenvalue weighted by Gasteiger charge is 2.23. The number of nitrogens with one attached hydrogen (secondary N) is 2. The van der Waals surface area contributed by atoms with Crippen molar-refractivity contribution in [1.82, 2.24) is 5.32 Å². The van der Waals surface area contributed by atoms with Crippen LogP contribution < -0.4 is 15.5 Å². The van der Waals surface area contributed by atoms with E-state index in [9.17, 15) is 9.59 Å². The Balaban J connectivity index is 0.00000176. The van der Waals surface area contributed by atoms with E-state index in [1.807, 2.05) is 24.3 Å². The van der Waals surface area contributed by atoms with Gasteiger partial charge in [-0.05, 0) is 44.0 Å². The fraction of sp³-hybridized carbons (Fsp3) is 0.500. The zero-order valence-corrected chi connectivity index (χ0v) is 13.3. The van der Waals surface area contributed by atoms with E-state index >= 15 is 0 Å². The molecule has 2 saturated heterocycles. The Morgan fingerprint density at radius 2 is 2.14 bits per heavy atom. The molecule has 120 valence electrons. The molecule has 2 aliphatic rings. The van der Waals surface area contributed by atoms with E-state index in [0.717, 1.165) is 50.1 Å². The number of piperidine rings is 1. The molecule has 0 aliphatic carbocycles. The molecule has 2 amide bonds. The SMILES string of the molecule is Cl.O=C(Nc1cccc(N2CCCC2=O)c1)C1CCCCN1. The third-order valence-electron chi connectivity index (χ3n) is 4.13. The van der Waals surface area contributed by atoms with Crippen molar-refractivity contribution in [3.63, 3.8) is 0 Å². The summed E-state index contributed by atoms with van der Waals surface area (Å²) in [6.07, 6.45) is 4.63. The molecule has 0 bridgehead atoms. The van der Waals surface area contributed by atoms with Crippen LogP contribution in [0.25, 0.3) is 0 Å². The van der Waals surface area contributed by atoms with Crippen molar-refractivity contribution >= 4 is 35.6 Å². The van der Waals surface area contributed by atoms with Gasteiger partial charge >= 0.3 is 0 Å². The molecule has 1 aromatic rings. The van der Waals surface area contributed by atoms with Gasteiger partial charge < -0.3 is 15.5 Å². The second kappa shape index (κ2) is 7.61. The summed E-state index contributed by atoms with van der Waals surface area (Å²) in [5.41, 5.74) is 1.62. The van der Waals surface area contributed by atoms with Crippen LogP contribution in [-0.2, 0) is 9.59 Å². The normalized spacial score (nSPS) is 21.4. The lowest BCUT2D eigenvalue weighted by atomic mass is 10.0. The van der Waals surface area contributed by atoms with Gasteiger partial charge in [-0.25, -0.2) is 0 Å². The molecule has 1 atom stereocenters. The van der Waals surface area contributed by atoms with E-state index in [4.69, 9.17) is 0 Å². The zero-order valence-electron chi connectivity index (χ0n) is 12.5. The number of rotatable bonds is 3. The number of hydrogen-bond acceptors (Lipinski definition) is 3. The van der Waals surface area contributed by atoms with Crippen LogP contribution in [0.1, 0.15) is 32.1 Å². The monoisotopic (exact) mass is 323 g/mol. The molecule has 3 rings (SSSR count). The Morgan fingerprint density at radius 1 is 1.27 bits per heavy atom. The maximum Gasteiger partial charge on any atom is 0.241 e. The summed E-state index contributed by atoms with van der Waals surface area (Å²) >= 11 is 0. The molecular weight excluding hydrogens is 302 g/mol. The highest BCUT2D eigenvalue weighted by Crippen LogP contribution is 2.24. The first-order valence-electron chi connectivity index (χ1n) is 7.69. The summed E-state index contributed by atoms with van der Waals surface area (Å²) in [7, 11) is 0. The van der Waals surface area contributed by atoms with E-state index in [1.54, 1.807) is 4.90 Å². The van der Waals surface area contributed by atoms with E-state index in [1.165, 1.54) is 0 Å². The molecule has 6 heteroatoms. The summed E-state index contributed by atoms with van der Waals surface area (Å²) in [6, 6.07) is 7.44. The van der Waals surface area contributed by atoms with Gasteiger partial charge in [0.15, 0.2) is 0 Å². The van der Waals surface area contributed by atoms with Crippen LogP contribution in [0.3, 0.4) is 0 Å². The second-order valence-electron chi connectivity index (χ2n) is 5.69. The van der Waals surface area contributed by atoms with Gasteiger partial charge in [0.05, 0.1) is 6.04 Å². The molecular formula is C16H22ClN3O2. The molecule has 5 nitrogen and oxygen atoms in total. The van der Waals surface area contributed by atoms with E-state index < -0.39 is 0 Å². The Bertz CT molecular complexity index is 544. The van der Waals surface area contributed by atoms with Crippen LogP contribution in [-0.4, -0.2) is 30.9 Å². The van der Waals surface area contributed by atoms with Gasteiger partial charge in [-0.15, -0.1) is 12.4 Å². The van der Waals surface area contributed by atoms with Crippen LogP contribution in [0.5, 0.6) is 0 Å². The van der Waals surface area contributed by atoms with Crippen molar-refractivity contribution < 1.29 is 9.59 Å². The van der Waals surface area contributed by atoms with E-state index in [0.29, 0.717) is 6.42 Å². The van der Waals surface area contributed by atoms with Crippen molar-refractivity contribution in [1.29, 1.82) is 0 Å². The maximum atomic E-state index is 12.2. The zero-order chi connectivity index (χ0) is 14.7. The van der Waals surface area contributed by atoms with Gasteiger partial charge in [-0.2, -0.15) is 0 Å². The largest absolute Gasteiger partial charge is 0.325 e. The second-order valence-corrected chi connectivity index (χ2v) is 5.69. The van der Waals surface area contributed by atoms with Crippen LogP contribution in [0, 0.1) is 0 Å². The minimum Gasteiger partial charge on any atom is -0.325 e. The van der Waals surface area contributed by atoms with Crippen molar-refractivity contribution in [2.45, 2.75) is 38.1 Å². The minimum absolute atomic E-state index is 0. The van der Waals surface area contributed by atoms with Crippen LogP contribution >= 0.6 is 12.4 Å². The summed E-state index contributed by atoms with van der Waals surface area (Å²) in [5, 5.41) is 6.19. The van der Waals surface area contributed by atoms with Crippen molar-refractivity contribution in [2.75, 3.05) is 23.3 Å². The molecule has 2 N–H and O–H groups in total. The van der Waals surface area contributed by atoms with Gasteiger partial charge in [-0.3, -0.25) is 9.59 Å². The first-order valence-corrected chi connectivity index (χ1v) is 7.69. The molecule has 22 heavy (non-hydrogen) atoms. The standard InChI is InChI=1S/C16H21N3O2.ClH/c20-15-8-4-10-19(15)13-6-3-5-12(11-13)18-16(21)14-7-1-2-9-17-14;/h3,5-6,11,14,17H,1-2,4,7-10H2,(H,18,21);1H. The lowest BCUT2D eigenvalue weighted by Gasteiger charge is -2.23. The third-order valence-corrected chi connectivity index (χ3v) is 4.13. The first-order chi connectivity index (χ1) is 10.2. The molecule has 0 spiro atoms. The highest BCUT2D eigenvalue weighted by molar-refractivity contribution is 5.98. The summed E-state index contributed by atoms with van der Waals surface area (Å²) in [4.78, 5) is 25.8. The van der Waals surface area contributed by atoms with E-state index in [2.05, 4.69) is 10.6 Å². The fourth-order valence-corrected chi connectivity index (χ4v) is 2.98.